The van der Waals surface area contributed by atoms with Gasteiger partial charge in [0, 0.05) is 20.2 Å². The molecule has 0 unspecified atom stereocenters. The number of hydrogen-bond acceptors (Lipinski definition) is 4. The van der Waals surface area contributed by atoms with Crippen molar-refractivity contribution in [1.82, 2.24) is 9.97 Å². The van der Waals surface area contributed by atoms with Crippen molar-refractivity contribution in [2.45, 2.75) is 24.9 Å². The van der Waals surface area contributed by atoms with Crippen molar-refractivity contribution >= 4 is 5.82 Å². The van der Waals surface area contributed by atoms with Crippen LogP contribution in [0.2, 0.25) is 0 Å². The Balaban J connectivity index is 2.03. The molecule has 1 aliphatic carbocycles. The summed E-state index contributed by atoms with van der Waals surface area (Å²) in [6, 6.07) is 12.5. The fourth-order valence-electron chi connectivity index (χ4n) is 2.58. The molecule has 1 heterocycles. The lowest BCUT2D eigenvalue weighted by molar-refractivity contribution is 0.181. The maximum atomic E-state index is 5.20. The Labute approximate surface area is 119 Å². The van der Waals surface area contributed by atoms with Crippen LogP contribution in [0.25, 0.3) is 0 Å². The van der Waals surface area contributed by atoms with Gasteiger partial charge in [-0.05, 0) is 18.4 Å². The van der Waals surface area contributed by atoms with Gasteiger partial charge in [0.05, 0.1) is 17.7 Å². The molecule has 0 atom stereocenters. The van der Waals surface area contributed by atoms with Gasteiger partial charge in [-0.3, -0.25) is 0 Å². The van der Waals surface area contributed by atoms with Gasteiger partial charge in [-0.15, -0.1) is 0 Å². The number of hydrogen-bond donors (Lipinski definition) is 1. The Morgan fingerprint density at radius 1 is 1.20 bits per heavy atom. The third-order valence-electron chi connectivity index (χ3n) is 3.83. The zero-order chi connectivity index (χ0) is 14.0. The molecule has 104 valence electrons. The summed E-state index contributed by atoms with van der Waals surface area (Å²) in [7, 11) is 3.57. The fraction of sp³-hybridized carbons (Fsp3) is 0.375. The standard InChI is InChI=1S/C16H19N3O/c1-17-14-10-13(11-20-2)18-15(19-14)16(8-9-16)12-6-4-3-5-7-12/h3-7,10H,8-9,11H2,1-2H3,(H,17,18,19). The first-order valence-corrected chi connectivity index (χ1v) is 6.89. The van der Waals surface area contributed by atoms with Crippen LogP contribution < -0.4 is 5.32 Å². The largest absolute Gasteiger partial charge is 0.378 e. The van der Waals surface area contributed by atoms with Gasteiger partial charge in [-0.2, -0.15) is 0 Å². The van der Waals surface area contributed by atoms with Gasteiger partial charge >= 0.3 is 0 Å². The second kappa shape index (κ2) is 5.21. The first kappa shape index (κ1) is 13.1. The van der Waals surface area contributed by atoms with Crippen molar-refractivity contribution < 1.29 is 4.74 Å². The second-order valence-electron chi connectivity index (χ2n) is 5.20. The maximum absolute atomic E-state index is 5.20. The molecule has 4 nitrogen and oxygen atoms in total. The number of nitrogens with one attached hydrogen (secondary N) is 1. The van der Waals surface area contributed by atoms with Crippen molar-refractivity contribution in [2.75, 3.05) is 19.5 Å². The molecule has 0 amide bonds. The molecule has 1 aromatic heterocycles. The molecule has 3 rings (SSSR count). The quantitative estimate of drug-likeness (QED) is 0.906. The summed E-state index contributed by atoms with van der Waals surface area (Å²) < 4.78 is 5.20. The van der Waals surface area contributed by atoms with E-state index in [-0.39, 0.29) is 5.41 Å². The Morgan fingerprint density at radius 3 is 2.55 bits per heavy atom. The lowest BCUT2D eigenvalue weighted by Crippen LogP contribution is -2.16. The number of benzene rings is 1. The van der Waals surface area contributed by atoms with E-state index in [2.05, 4.69) is 34.6 Å². The Bertz CT molecular complexity index is 594. The highest BCUT2D eigenvalue weighted by Crippen LogP contribution is 2.52. The Kier molecular flexibility index (Phi) is 3.40. The monoisotopic (exact) mass is 269 g/mol. The molecule has 0 bridgehead atoms. The first-order valence-electron chi connectivity index (χ1n) is 6.89. The predicted molar refractivity (Wildman–Crippen MR) is 78.7 cm³/mol. The van der Waals surface area contributed by atoms with Gasteiger partial charge in [-0.25, -0.2) is 9.97 Å². The highest BCUT2D eigenvalue weighted by Gasteiger charge is 2.48. The van der Waals surface area contributed by atoms with Crippen LogP contribution in [0.4, 0.5) is 5.82 Å². The number of aromatic nitrogens is 2. The molecule has 0 saturated heterocycles. The minimum atomic E-state index is -0.00336. The Hall–Kier alpha value is -1.94. The lowest BCUT2D eigenvalue weighted by atomic mass is 9.95. The minimum Gasteiger partial charge on any atom is -0.378 e. The molecular weight excluding hydrogens is 250 g/mol. The van der Waals surface area contributed by atoms with E-state index in [1.54, 1.807) is 7.11 Å². The van der Waals surface area contributed by atoms with Gasteiger partial charge in [0.1, 0.15) is 11.6 Å². The average molecular weight is 269 g/mol. The molecule has 2 aromatic rings. The van der Waals surface area contributed by atoms with Crippen LogP contribution in [0.1, 0.15) is 29.9 Å². The zero-order valence-electron chi connectivity index (χ0n) is 11.9. The summed E-state index contributed by atoms with van der Waals surface area (Å²) in [4.78, 5) is 9.37. The van der Waals surface area contributed by atoms with E-state index in [9.17, 15) is 0 Å². The van der Waals surface area contributed by atoms with Crippen molar-refractivity contribution in [2.24, 2.45) is 0 Å². The van der Waals surface area contributed by atoms with E-state index in [1.165, 1.54) is 5.56 Å². The summed E-state index contributed by atoms with van der Waals surface area (Å²) in [6.45, 7) is 0.509. The van der Waals surface area contributed by atoms with E-state index >= 15 is 0 Å². The van der Waals surface area contributed by atoms with E-state index in [4.69, 9.17) is 9.72 Å². The van der Waals surface area contributed by atoms with Gasteiger partial charge in [0.15, 0.2) is 0 Å². The van der Waals surface area contributed by atoms with Crippen LogP contribution in [-0.2, 0) is 16.8 Å². The normalized spacial score (nSPS) is 15.9. The van der Waals surface area contributed by atoms with Gasteiger partial charge in [-0.1, -0.05) is 30.3 Å². The first-order chi connectivity index (χ1) is 9.78. The Morgan fingerprint density at radius 2 is 1.95 bits per heavy atom. The molecule has 1 aromatic carbocycles. The fourth-order valence-corrected chi connectivity index (χ4v) is 2.58. The predicted octanol–water partition coefficient (Wildman–Crippen LogP) is 2.74. The third kappa shape index (κ3) is 2.27. The second-order valence-corrected chi connectivity index (χ2v) is 5.20. The van der Waals surface area contributed by atoms with Crippen LogP contribution in [0.15, 0.2) is 36.4 Å². The number of rotatable bonds is 5. The highest BCUT2D eigenvalue weighted by atomic mass is 16.5. The van der Waals surface area contributed by atoms with Gasteiger partial charge < -0.3 is 10.1 Å². The van der Waals surface area contributed by atoms with Crippen molar-refractivity contribution in [3.63, 3.8) is 0 Å². The van der Waals surface area contributed by atoms with Gasteiger partial charge in [0.2, 0.25) is 0 Å². The smallest absolute Gasteiger partial charge is 0.141 e. The number of ether oxygens (including phenoxy) is 1. The van der Waals surface area contributed by atoms with E-state index < -0.39 is 0 Å². The number of nitrogens with zero attached hydrogens (tertiary/aromatic N) is 2. The molecule has 4 heteroatoms. The van der Waals surface area contributed by atoms with Crippen LogP contribution in [0.3, 0.4) is 0 Å². The SMILES string of the molecule is CNc1cc(COC)nc(C2(c3ccccc3)CC2)n1. The van der Waals surface area contributed by atoms with Crippen LogP contribution >= 0.6 is 0 Å². The van der Waals surface area contributed by atoms with E-state index in [0.29, 0.717) is 6.61 Å². The topological polar surface area (TPSA) is 47.0 Å². The molecule has 0 spiro atoms. The maximum Gasteiger partial charge on any atom is 0.141 e. The summed E-state index contributed by atoms with van der Waals surface area (Å²) >= 11 is 0. The van der Waals surface area contributed by atoms with Crippen molar-refractivity contribution in [3.8, 4) is 0 Å². The lowest BCUT2D eigenvalue weighted by Gasteiger charge is -2.16. The van der Waals surface area contributed by atoms with E-state index in [0.717, 1.165) is 30.2 Å². The van der Waals surface area contributed by atoms with Crippen molar-refractivity contribution in [3.05, 3.63) is 53.5 Å². The van der Waals surface area contributed by atoms with Crippen LogP contribution in [0, 0.1) is 0 Å². The van der Waals surface area contributed by atoms with Crippen molar-refractivity contribution in [1.29, 1.82) is 0 Å². The highest BCUT2D eigenvalue weighted by molar-refractivity contribution is 5.43. The third-order valence-corrected chi connectivity index (χ3v) is 3.83. The molecule has 1 N–H and O–H groups in total. The summed E-state index contributed by atoms with van der Waals surface area (Å²) in [5, 5.41) is 3.11. The molecular formula is C16H19N3O. The van der Waals surface area contributed by atoms with Crippen LogP contribution in [-0.4, -0.2) is 24.1 Å². The number of anilines is 1. The minimum absolute atomic E-state index is 0.00336. The number of methoxy groups -OCH3 is 1. The summed E-state index contributed by atoms with van der Waals surface area (Å²) in [5.41, 5.74) is 2.22. The van der Waals surface area contributed by atoms with Crippen LogP contribution in [0.5, 0.6) is 0 Å². The molecule has 0 aliphatic heterocycles. The summed E-state index contributed by atoms with van der Waals surface area (Å²) in [5.74, 6) is 1.76. The average Bonchev–Trinajstić information content (AvgIpc) is 3.30. The van der Waals surface area contributed by atoms with Gasteiger partial charge in [0.25, 0.3) is 0 Å². The molecule has 1 fully saturated rings. The van der Waals surface area contributed by atoms with E-state index in [1.807, 2.05) is 19.2 Å². The molecule has 0 radical (unpaired) electrons. The molecule has 1 saturated carbocycles. The molecule has 1 aliphatic rings. The summed E-state index contributed by atoms with van der Waals surface area (Å²) in [6.07, 6.45) is 2.22. The zero-order valence-corrected chi connectivity index (χ0v) is 11.9. The molecule has 20 heavy (non-hydrogen) atoms.